The van der Waals surface area contributed by atoms with Crippen molar-refractivity contribution >= 4 is 12.0 Å². The molecule has 0 aromatic rings. The second kappa shape index (κ2) is 9.55. The molecule has 2 aliphatic heterocycles. The van der Waals surface area contributed by atoms with Crippen molar-refractivity contribution in [2.75, 3.05) is 13.7 Å². The zero-order chi connectivity index (χ0) is 21.1. The van der Waals surface area contributed by atoms with E-state index in [4.69, 9.17) is 14.2 Å². The van der Waals surface area contributed by atoms with Gasteiger partial charge in [0.05, 0.1) is 24.2 Å². The van der Waals surface area contributed by atoms with Crippen molar-refractivity contribution in [1.29, 1.82) is 0 Å². The molecule has 2 saturated heterocycles. The van der Waals surface area contributed by atoms with E-state index in [-0.39, 0.29) is 48.7 Å². The molecule has 2 amide bonds. The van der Waals surface area contributed by atoms with Gasteiger partial charge in [-0.25, -0.2) is 9.69 Å². The third kappa shape index (κ3) is 5.05. The van der Waals surface area contributed by atoms with Crippen molar-refractivity contribution in [3.63, 3.8) is 0 Å². The van der Waals surface area contributed by atoms with Crippen LogP contribution in [0, 0.1) is 17.8 Å². The van der Waals surface area contributed by atoms with E-state index in [0.29, 0.717) is 12.3 Å². The Hall–Kier alpha value is -1.18. The Morgan fingerprint density at radius 2 is 2.07 bits per heavy atom. The van der Waals surface area contributed by atoms with E-state index in [0.717, 1.165) is 19.3 Å². The number of methoxy groups -OCH3 is 1. The Kier molecular flexibility index (Phi) is 7.88. The van der Waals surface area contributed by atoms with E-state index in [1.54, 1.807) is 7.11 Å². The molecular formula is C21H37NO6. The van der Waals surface area contributed by atoms with Gasteiger partial charge in [-0.2, -0.15) is 0 Å². The summed E-state index contributed by atoms with van der Waals surface area (Å²) in [5.74, 6) is -0.0289. The molecule has 0 spiro atoms. The number of aliphatic hydroxyl groups is 1. The number of nitrogens with zero attached hydrogens (tertiary/aromatic N) is 1. The van der Waals surface area contributed by atoms with Gasteiger partial charge in [0.2, 0.25) is 5.91 Å². The number of ether oxygens (including phenoxy) is 3. The Labute approximate surface area is 168 Å². The van der Waals surface area contributed by atoms with Gasteiger partial charge in [0, 0.05) is 13.0 Å². The fourth-order valence-corrected chi connectivity index (χ4v) is 4.55. The first-order valence-corrected chi connectivity index (χ1v) is 10.5. The fourth-order valence-electron chi connectivity index (χ4n) is 4.55. The number of cyclic esters (lactones) is 1. The lowest BCUT2D eigenvalue weighted by atomic mass is 9.81. The van der Waals surface area contributed by atoms with Crippen LogP contribution in [0.1, 0.15) is 66.7 Å². The maximum atomic E-state index is 12.7. The Morgan fingerprint density at radius 1 is 1.39 bits per heavy atom. The van der Waals surface area contributed by atoms with Gasteiger partial charge in [0.1, 0.15) is 6.61 Å². The fraction of sp³-hybridized carbons (Fsp3) is 0.905. The summed E-state index contributed by atoms with van der Waals surface area (Å²) in [4.78, 5) is 25.9. The molecule has 0 radical (unpaired) electrons. The van der Waals surface area contributed by atoms with Crippen molar-refractivity contribution < 1.29 is 28.9 Å². The average molecular weight is 400 g/mol. The number of aliphatic hydroxyl groups excluding tert-OH is 1. The molecule has 0 aliphatic carbocycles. The number of hydrogen-bond acceptors (Lipinski definition) is 6. The molecule has 2 heterocycles. The van der Waals surface area contributed by atoms with E-state index in [2.05, 4.69) is 13.8 Å². The molecule has 0 bridgehead atoms. The van der Waals surface area contributed by atoms with Crippen LogP contribution in [0.3, 0.4) is 0 Å². The summed E-state index contributed by atoms with van der Waals surface area (Å²) in [7, 11) is 1.66. The van der Waals surface area contributed by atoms with Crippen LogP contribution in [0.15, 0.2) is 0 Å². The van der Waals surface area contributed by atoms with Crippen LogP contribution >= 0.6 is 0 Å². The van der Waals surface area contributed by atoms with E-state index in [1.807, 2.05) is 20.8 Å². The third-order valence-electron chi connectivity index (χ3n) is 6.33. The zero-order valence-corrected chi connectivity index (χ0v) is 18.1. The first-order valence-electron chi connectivity index (χ1n) is 10.5. The van der Waals surface area contributed by atoms with Crippen LogP contribution in [-0.4, -0.2) is 59.8 Å². The van der Waals surface area contributed by atoms with Gasteiger partial charge in [0.15, 0.2) is 6.29 Å². The van der Waals surface area contributed by atoms with Crippen molar-refractivity contribution in [3.05, 3.63) is 0 Å². The molecule has 0 saturated carbocycles. The van der Waals surface area contributed by atoms with Crippen LogP contribution in [0.4, 0.5) is 4.79 Å². The van der Waals surface area contributed by atoms with Gasteiger partial charge in [0.25, 0.3) is 0 Å². The van der Waals surface area contributed by atoms with Crippen LogP contribution in [-0.2, 0) is 19.0 Å². The lowest BCUT2D eigenvalue weighted by molar-refractivity contribution is -0.168. The standard InChI is InChI=1S/C21H37NO6/c1-7-14(10-21(5)11-15(8-2)19(26-6)28-21)17(23)9-18(24)22-16(13(3)4)12-27-20(22)25/h13-17,19,23H,7-12H2,1-6H3/t14-,15-,16-,17-,19-,21-/m1/s1. The summed E-state index contributed by atoms with van der Waals surface area (Å²) in [6.45, 7) is 10.3. The SMILES string of the molecule is CC[C@@H]1C[C@@](C)(C[C@@H](CC)[C@H](O)CC(=O)N2C(=O)OC[C@@H]2C(C)C)O[C@H]1OC. The number of hydrogen-bond donors (Lipinski definition) is 1. The van der Waals surface area contributed by atoms with Gasteiger partial charge < -0.3 is 19.3 Å². The summed E-state index contributed by atoms with van der Waals surface area (Å²) in [6, 6.07) is -0.268. The van der Waals surface area contributed by atoms with Crippen molar-refractivity contribution in [3.8, 4) is 0 Å². The molecule has 7 heteroatoms. The molecule has 28 heavy (non-hydrogen) atoms. The minimum Gasteiger partial charge on any atom is -0.447 e. The van der Waals surface area contributed by atoms with Crippen molar-refractivity contribution in [1.82, 2.24) is 4.90 Å². The Bertz CT molecular complexity index is 539. The quantitative estimate of drug-likeness (QED) is 0.640. The topological polar surface area (TPSA) is 85.3 Å². The molecule has 2 aliphatic rings. The molecule has 0 aromatic carbocycles. The number of amides is 2. The molecule has 0 unspecified atom stereocenters. The second-order valence-electron chi connectivity index (χ2n) is 8.84. The Balaban J connectivity index is 2.00. The minimum absolute atomic E-state index is 0.0855. The highest BCUT2D eigenvalue weighted by Gasteiger charge is 2.45. The normalized spacial score (nSPS) is 32.6. The van der Waals surface area contributed by atoms with Crippen LogP contribution in [0.5, 0.6) is 0 Å². The molecule has 6 atom stereocenters. The van der Waals surface area contributed by atoms with E-state index in [1.165, 1.54) is 4.90 Å². The number of carbonyl (C=O) groups excluding carboxylic acids is 2. The molecule has 162 valence electrons. The van der Waals surface area contributed by atoms with Gasteiger partial charge >= 0.3 is 6.09 Å². The molecule has 1 N–H and O–H groups in total. The first kappa shape index (κ1) is 23.1. The smallest absolute Gasteiger partial charge is 0.416 e. The largest absolute Gasteiger partial charge is 0.447 e. The predicted octanol–water partition coefficient (Wildman–Crippen LogP) is 3.33. The van der Waals surface area contributed by atoms with E-state index in [9.17, 15) is 14.7 Å². The summed E-state index contributed by atoms with van der Waals surface area (Å²) in [5.41, 5.74) is -0.390. The molecule has 7 nitrogen and oxygen atoms in total. The number of carbonyl (C=O) groups is 2. The maximum Gasteiger partial charge on any atom is 0.416 e. The van der Waals surface area contributed by atoms with Gasteiger partial charge in [-0.15, -0.1) is 0 Å². The lowest BCUT2D eigenvalue weighted by Gasteiger charge is -2.32. The minimum atomic E-state index is -0.833. The van der Waals surface area contributed by atoms with Gasteiger partial charge in [-0.3, -0.25) is 4.79 Å². The summed E-state index contributed by atoms with van der Waals surface area (Å²) in [5, 5.41) is 10.8. The maximum absolute atomic E-state index is 12.7. The monoisotopic (exact) mass is 399 g/mol. The summed E-state index contributed by atoms with van der Waals surface area (Å²) < 4.78 is 16.7. The highest BCUT2D eigenvalue weighted by atomic mass is 16.7. The second-order valence-corrected chi connectivity index (χ2v) is 8.84. The van der Waals surface area contributed by atoms with Crippen LogP contribution in [0.25, 0.3) is 0 Å². The van der Waals surface area contributed by atoms with E-state index >= 15 is 0 Å². The number of rotatable bonds is 9. The molecule has 0 aromatic heterocycles. The summed E-state index contributed by atoms with van der Waals surface area (Å²) >= 11 is 0. The highest BCUT2D eigenvalue weighted by Crippen LogP contribution is 2.42. The van der Waals surface area contributed by atoms with Crippen LogP contribution < -0.4 is 0 Å². The molecular weight excluding hydrogens is 362 g/mol. The van der Waals surface area contributed by atoms with Gasteiger partial charge in [-0.05, 0) is 38.0 Å². The Morgan fingerprint density at radius 3 is 2.57 bits per heavy atom. The first-order chi connectivity index (χ1) is 13.2. The third-order valence-corrected chi connectivity index (χ3v) is 6.33. The number of imide groups is 1. The van der Waals surface area contributed by atoms with E-state index < -0.39 is 12.2 Å². The lowest BCUT2D eigenvalue weighted by Crippen LogP contribution is -2.44. The van der Waals surface area contributed by atoms with Gasteiger partial charge in [-0.1, -0.05) is 34.1 Å². The highest BCUT2D eigenvalue weighted by molar-refractivity contribution is 5.93. The zero-order valence-electron chi connectivity index (χ0n) is 18.1. The molecule has 2 rings (SSSR count). The van der Waals surface area contributed by atoms with Crippen molar-refractivity contribution in [2.45, 2.75) is 90.8 Å². The van der Waals surface area contributed by atoms with Crippen molar-refractivity contribution in [2.24, 2.45) is 17.8 Å². The summed E-state index contributed by atoms with van der Waals surface area (Å²) in [6.07, 6.45) is 1.46. The van der Waals surface area contributed by atoms with Crippen LogP contribution in [0.2, 0.25) is 0 Å². The average Bonchev–Trinajstić information content (AvgIpc) is 3.19. The molecule has 2 fully saturated rings. The predicted molar refractivity (Wildman–Crippen MR) is 105 cm³/mol.